The predicted molar refractivity (Wildman–Crippen MR) is 153 cm³/mol. The average molecular weight is 567 g/mol. The molecule has 3 heterocycles. The Morgan fingerprint density at radius 3 is 2.80 bits per heavy atom. The number of ether oxygens (including phenoxy) is 1. The van der Waals surface area contributed by atoms with Gasteiger partial charge in [0.1, 0.15) is 17.1 Å². The zero-order chi connectivity index (χ0) is 28.0. The lowest BCUT2D eigenvalue weighted by molar-refractivity contribution is -0.122. The van der Waals surface area contributed by atoms with E-state index in [1.54, 1.807) is 13.3 Å². The number of rotatable bonds is 9. The molecule has 5 atom stereocenters. The normalized spacial score (nSPS) is 25.5. The molecular weight excluding hydrogens is 532 g/mol. The van der Waals surface area contributed by atoms with Gasteiger partial charge in [0.2, 0.25) is 5.91 Å². The van der Waals surface area contributed by atoms with E-state index in [1.807, 2.05) is 6.07 Å². The molecule has 1 aromatic carbocycles. The zero-order valence-electron chi connectivity index (χ0n) is 22.4. The Hall–Kier alpha value is -3.18. The third-order valence-electron chi connectivity index (χ3n) is 8.79. The number of allylic oxidation sites excluding steroid dienone is 1. The molecule has 1 saturated carbocycles. The second kappa shape index (κ2) is 11.0. The van der Waals surface area contributed by atoms with Gasteiger partial charge < -0.3 is 35.9 Å². The van der Waals surface area contributed by atoms with Gasteiger partial charge in [-0.05, 0) is 67.8 Å². The van der Waals surface area contributed by atoms with Gasteiger partial charge in [0.25, 0.3) is 0 Å². The van der Waals surface area contributed by atoms with Crippen LogP contribution in [0.5, 0.6) is 5.75 Å². The van der Waals surface area contributed by atoms with E-state index >= 15 is 0 Å². The first kappa shape index (κ1) is 27.0. The maximum atomic E-state index is 12.3. The molecule has 40 heavy (non-hydrogen) atoms. The third-order valence-corrected chi connectivity index (χ3v) is 9.07. The van der Waals surface area contributed by atoms with Gasteiger partial charge in [-0.3, -0.25) is 4.79 Å². The number of methoxy groups -OCH3 is 1. The topological polar surface area (TPSA) is 150 Å². The van der Waals surface area contributed by atoms with E-state index < -0.39 is 6.10 Å². The first-order chi connectivity index (χ1) is 19.4. The number of amides is 1. The van der Waals surface area contributed by atoms with Crippen LogP contribution < -0.4 is 15.8 Å². The van der Waals surface area contributed by atoms with Crippen LogP contribution >= 0.6 is 11.6 Å². The molecule has 2 bridgehead atoms. The van der Waals surface area contributed by atoms with Gasteiger partial charge in [-0.1, -0.05) is 29.8 Å². The number of aliphatic hydroxyl groups is 2. The lowest BCUT2D eigenvalue weighted by Gasteiger charge is -2.33. The van der Waals surface area contributed by atoms with Crippen LogP contribution in [0.4, 0.5) is 5.69 Å². The van der Waals surface area contributed by atoms with Crippen molar-refractivity contribution in [1.29, 1.82) is 0 Å². The monoisotopic (exact) mass is 566 g/mol. The number of aromatic amines is 1. The Morgan fingerprint density at radius 2 is 2.08 bits per heavy atom. The van der Waals surface area contributed by atoms with Crippen molar-refractivity contribution in [3.8, 4) is 17.1 Å². The quantitative estimate of drug-likeness (QED) is 0.248. The Labute approximate surface area is 237 Å². The molecule has 2 aliphatic carbocycles. The average Bonchev–Trinajstić information content (AvgIpc) is 3.69. The molecule has 1 amide bonds. The van der Waals surface area contributed by atoms with Gasteiger partial charge in [0.15, 0.2) is 5.65 Å². The second-order valence-electron chi connectivity index (χ2n) is 11.2. The summed E-state index contributed by atoms with van der Waals surface area (Å²) in [4.78, 5) is 27.1. The SMILES string of the molecule is COc1cc(C2CCN(CC(O)CO)CC2)ccc1-c1nc2c(NC3C4C=CC(C4)C3C(N)=O)c(Cl)cnc2[nH]1. The highest BCUT2D eigenvalue weighted by molar-refractivity contribution is 6.34. The lowest BCUT2D eigenvalue weighted by atomic mass is 9.88. The number of carbonyl (C=O) groups excluding carboxylic acids is 1. The van der Waals surface area contributed by atoms with Crippen LogP contribution in [0.2, 0.25) is 5.02 Å². The predicted octanol–water partition coefficient (Wildman–Crippen LogP) is 2.91. The molecular formula is C29H35ClN6O4. The van der Waals surface area contributed by atoms with Gasteiger partial charge >= 0.3 is 0 Å². The standard InChI is InChI=1S/C29H35ClN6O4/c1-40-22-11-16(15-6-8-36(9-7-15)13-19(38)14-37)4-5-20(22)28-34-26-25(21(30)12-32-29(26)35-28)33-24-18-3-2-17(10-18)23(24)27(31)39/h2-5,11-12,15,17-19,23-24,37-38H,6-10,13-14H2,1H3,(H2,31,39)(H2,32,33,34,35). The van der Waals surface area contributed by atoms with Crippen molar-refractivity contribution >= 4 is 34.4 Å². The molecule has 1 saturated heterocycles. The van der Waals surface area contributed by atoms with Gasteiger partial charge in [0.05, 0.1) is 48.2 Å². The number of hydrogen-bond donors (Lipinski definition) is 5. The number of pyridine rings is 1. The number of aromatic nitrogens is 3. The highest BCUT2D eigenvalue weighted by Crippen LogP contribution is 2.46. The smallest absolute Gasteiger partial charge is 0.223 e. The number of imidazole rings is 1. The number of nitrogens with zero attached hydrogens (tertiary/aromatic N) is 3. The number of fused-ring (bicyclic) bond motifs is 3. The van der Waals surface area contributed by atoms with E-state index in [9.17, 15) is 9.90 Å². The molecule has 212 valence electrons. The van der Waals surface area contributed by atoms with Crippen LogP contribution in [-0.2, 0) is 4.79 Å². The summed E-state index contributed by atoms with van der Waals surface area (Å²) in [6.07, 6.45) is 7.96. The molecule has 2 fully saturated rings. The molecule has 10 nitrogen and oxygen atoms in total. The van der Waals surface area contributed by atoms with Crippen molar-refractivity contribution in [3.05, 3.63) is 47.1 Å². The van der Waals surface area contributed by atoms with Crippen molar-refractivity contribution in [1.82, 2.24) is 19.9 Å². The minimum absolute atomic E-state index is 0.146. The number of β-amino-alcohol motifs (C(OH)–C–C–N with tert-alkyl or cyclic N) is 1. The summed E-state index contributed by atoms with van der Waals surface area (Å²) in [5.74, 6) is 1.45. The molecule has 2 aromatic heterocycles. The van der Waals surface area contributed by atoms with E-state index in [0.717, 1.165) is 37.9 Å². The zero-order valence-corrected chi connectivity index (χ0v) is 23.1. The number of nitrogens with one attached hydrogen (secondary N) is 2. The molecule has 0 spiro atoms. The number of aliphatic hydroxyl groups excluding tert-OH is 2. The van der Waals surface area contributed by atoms with Crippen molar-refractivity contribution in [2.24, 2.45) is 23.5 Å². The number of anilines is 1. The van der Waals surface area contributed by atoms with Gasteiger partial charge in [-0.25, -0.2) is 9.97 Å². The summed E-state index contributed by atoms with van der Waals surface area (Å²) in [5.41, 5.74) is 9.60. The Kier molecular flexibility index (Phi) is 7.43. The maximum absolute atomic E-state index is 12.3. The number of hydrogen-bond acceptors (Lipinski definition) is 8. The summed E-state index contributed by atoms with van der Waals surface area (Å²) in [6, 6.07) is 6.06. The van der Waals surface area contributed by atoms with Crippen LogP contribution in [0, 0.1) is 17.8 Å². The number of halogens is 1. The van der Waals surface area contributed by atoms with E-state index in [1.165, 1.54) is 5.56 Å². The second-order valence-corrected chi connectivity index (χ2v) is 11.6. The molecule has 6 N–H and O–H groups in total. The minimum atomic E-state index is -0.700. The highest BCUT2D eigenvalue weighted by Gasteiger charge is 2.47. The van der Waals surface area contributed by atoms with Gasteiger partial charge in [0, 0.05) is 12.6 Å². The molecule has 6 rings (SSSR count). The summed E-state index contributed by atoms with van der Waals surface area (Å²) in [6.45, 7) is 2.01. The number of nitrogens with two attached hydrogens (primary N) is 1. The van der Waals surface area contributed by atoms with Gasteiger partial charge in [-0.2, -0.15) is 0 Å². The van der Waals surface area contributed by atoms with Gasteiger partial charge in [-0.15, -0.1) is 0 Å². The minimum Gasteiger partial charge on any atom is -0.496 e. The fourth-order valence-corrected chi connectivity index (χ4v) is 6.92. The molecule has 11 heteroatoms. The molecule has 3 aromatic rings. The number of piperidine rings is 1. The highest BCUT2D eigenvalue weighted by atomic mass is 35.5. The number of benzene rings is 1. The summed E-state index contributed by atoms with van der Waals surface area (Å²) in [7, 11) is 1.65. The van der Waals surface area contributed by atoms with Crippen molar-refractivity contribution < 1.29 is 19.7 Å². The van der Waals surface area contributed by atoms with E-state index in [2.05, 4.69) is 44.5 Å². The number of primary amides is 1. The van der Waals surface area contributed by atoms with E-state index in [0.29, 0.717) is 45.9 Å². The van der Waals surface area contributed by atoms with Crippen LogP contribution in [0.3, 0.4) is 0 Å². The first-order valence-corrected chi connectivity index (χ1v) is 14.2. The third kappa shape index (κ3) is 4.94. The maximum Gasteiger partial charge on any atom is 0.223 e. The Morgan fingerprint density at radius 1 is 1.30 bits per heavy atom. The van der Waals surface area contributed by atoms with Crippen LogP contribution in [0.25, 0.3) is 22.6 Å². The largest absolute Gasteiger partial charge is 0.496 e. The summed E-state index contributed by atoms with van der Waals surface area (Å²) in [5, 5.41) is 22.8. The summed E-state index contributed by atoms with van der Waals surface area (Å²) < 4.78 is 5.80. The molecule has 0 radical (unpaired) electrons. The Bertz CT molecular complexity index is 1440. The fraction of sp³-hybridized carbons (Fsp3) is 0.483. The lowest BCUT2D eigenvalue weighted by Crippen LogP contribution is -2.41. The summed E-state index contributed by atoms with van der Waals surface area (Å²) >= 11 is 6.61. The molecule has 3 aliphatic rings. The van der Waals surface area contributed by atoms with Crippen LogP contribution in [-0.4, -0.2) is 81.5 Å². The number of carbonyl (C=O) groups is 1. The van der Waals surface area contributed by atoms with E-state index in [-0.39, 0.29) is 36.3 Å². The van der Waals surface area contributed by atoms with Crippen molar-refractivity contribution in [2.75, 3.05) is 38.7 Å². The first-order valence-electron chi connectivity index (χ1n) is 13.8. The number of likely N-dealkylation sites (tertiary alicyclic amines) is 1. The molecule has 5 unspecified atom stereocenters. The molecule has 1 aliphatic heterocycles. The van der Waals surface area contributed by atoms with Crippen molar-refractivity contribution in [2.45, 2.75) is 37.3 Å². The number of H-pyrrole nitrogens is 1. The van der Waals surface area contributed by atoms with Crippen LogP contribution in [0.15, 0.2) is 36.5 Å². The fourth-order valence-electron chi connectivity index (χ4n) is 6.73. The Balaban J connectivity index is 1.25. The van der Waals surface area contributed by atoms with E-state index in [4.69, 9.17) is 32.2 Å². The van der Waals surface area contributed by atoms with Crippen LogP contribution in [0.1, 0.15) is 30.7 Å². The van der Waals surface area contributed by atoms with Crippen molar-refractivity contribution in [3.63, 3.8) is 0 Å².